The molecule has 0 aliphatic carbocycles. The third-order valence-electron chi connectivity index (χ3n) is 1.46. The van der Waals surface area contributed by atoms with Crippen molar-refractivity contribution in [2.75, 3.05) is 0 Å². The van der Waals surface area contributed by atoms with Crippen LogP contribution in [-0.2, 0) is 14.8 Å². The second-order valence-electron chi connectivity index (χ2n) is 2.98. The Kier molecular flexibility index (Phi) is 4.40. The molecule has 0 aromatic rings. The first-order valence-electron chi connectivity index (χ1n) is 3.70. The number of carboxylic acid groups (broad SMARTS) is 1. The first kappa shape index (κ1) is 13.2. The van der Waals surface area contributed by atoms with E-state index in [2.05, 4.69) is 0 Å². The Morgan fingerprint density at radius 3 is 2.00 bits per heavy atom. The molecule has 0 aromatic heterocycles. The molecule has 0 radical (unpaired) electrons. The fourth-order valence-corrected chi connectivity index (χ4v) is 1.53. The Labute approximate surface area is 80.2 Å². The molecular weight excluding hydrogens is 220 g/mol. The van der Waals surface area contributed by atoms with E-state index in [0.717, 1.165) is 0 Å². The number of halogens is 2. The maximum atomic E-state index is 11.9. The molecule has 0 aromatic carbocycles. The van der Waals surface area contributed by atoms with Gasteiger partial charge in [-0.15, -0.1) is 0 Å². The van der Waals surface area contributed by atoms with Gasteiger partial charge in [-0.3, -0.25) is 4.79 Å². The lowest BCUT2D eigenvalue weighted by Crippen LogP contribution is -2.46. The van der Waals surface area contributed by atoms with Crippen LogP contribution in [0.15, 0.2) is 0 Å². The molecule has 0 heterocycles. The van der Waals surface area contributed by atoms with Gasteiger partial charge in [-0.2, -0.15) is 13.5 Å². The lowest BCUT2D eigenvalue weighted by Gasteiger charge is -2.17. The van der Waals surface area contributed by atoms with E-state index in [4.69, 9.17) is 5.11 Å². The molecule has 84 valence electrons. The molecule has 14 heavy (non-hydrogen) atoms. The lowest BCUT2D eigenvalue weighted by molar-refractivity contribution is -0.140. The zero-order valence-electron chi connectivity index (χ0n) is 7.57. The number of hydrogen-bond donors (Lipinski definition) is 2. The fraction of sp³-hybridized carbons (Fsp3) is 0.833. The molecule has 1 unspecified atom stereocenters. The van der Waals surface area contributed by atoms with Crippen molar-refractivity contribution in [3.05, 3.63) is 0 Å². The summed E-state index contributed by atoms with van der Waals surface area (Å²) >= 11 is 0. The highest BCUT2D eigenvalue weighted by atomic mass is 32.2. The number of alkyl halides is 2. The normalized spacial score (nSPS) is 14.7. The van der Waals surface area contributed by atoms with E-state index in [9.17, 15) is 22.0 Å². The predicted molar refractivity (Wildman–Crippen MR) is 44.3 cm³/mol. The molecular formula is C6H11F2NO4S. The van der Waals surface area contributed by atoms with Crippen LogP contribution in [0.25, 0.3) is 0 Å². The summed E-state index contributed by atoms with van der Waals surface area (Å²) in [5.41, 5.74) is 0. The molecule has 0 aliphatic rings. The van der Waals surface area contributed by atoms with Crippen molar-refractivity contribution in [1.82, 2.24) is 4.72 Å². The number of sulfonamides is 1. The molecule has 1 atom stereocenters. The summed E-state index contributed by atoms with van der Waals surface area (Å²) in [6.07, 6.45) is 0. The minimum Gasteiger partial charge on any atom is -0.480 e. The Balaban J connectivity index is 4.71. The van der Waals surface area contributed by atoms with Gasteiger partial charge in [0.05, 0.1) is 0 Å². The average Bonchev–Trinajstić information content (AvgIpc) is 1.98. The third kappa shape index (κ3) is 3.54. The molecule has 0 bridgehead atoms. The summed E-state index contributed by atoms with van der Waals surface area (Å²) in [4.78, 5) is 10.5. The van der Waals surface area contributed by atoms with E-state index in [0.29, 0.717) is 0 Å². The summed E-state index contributed by atoms with van der Waals surface area (Å²) in [7, 11) is -4.85. The highest BCUT2D eigenvalue weighted by Crippen LogP contribution is 2.08. The predicted octanol–water partition coefficient (Wildman–Crippen LogP) is 0.238. The summed E-state index contributed by atoms with van der Waals surface area (Å²) in [6.45, 7) is 2.82. The highest BCUT2D eigenvalue weighted by Gasteiger charge is 2.32. The maximum absolute atomic E-state index is 11.9. The van der Waals surface area contributed by atoms with Crippen LogP contribution in [0.1, 0.15) is 13.8 Å². The second-order valence-corrected chi connectivity index (χ2v) is 4.67. The molecule has 0 saturated heterocycles. The van der Waals surface area contributed by atoms with Gasteiger partial charge < -0.3 is 5.11 Å². The Hall–Kier alpha value is -0.760. The number of hydrogen-bond acceptors (Lipinski definition) is 3. The van der Waals surface area contributed by atoms with E-state index in [1.807, 2.05) is 0 Å². The lowest BCUT2D eigenvalue weighted by atomic mass is 10.1. The quantitative estimate of drug-likeness (QED) is 0.709. The minimum absolute atomic E-state index is 0.610. The number of nitrogens with one attached hydrogen (secondary N) is 1. The van der Waals surface area contributed by atoms with Crippen LogP contribution in [0.4, 0.5) is 8.78 Å². The van der Waals surface area contributed by atoms with E-state index < -0.39 is 33.7 Å². The van der Waals surface area contributed by atoms with Gasteiger partial charge in [-0.1, -0.05) is 13.8 Å². The summed E-state index contributed by atoms with van der Waals surface area (Å²) in [5.74, 6) is -5.71. The minimum atomic E-state index is -4.85. The average molecular weight is 231 g/mol. The Morgan fingerprint density at radius 2 is 1.79 bits per heavy atom. The topological polar surface area (TPSA) is 83.5 Å². The van der Waals surface area contributed by atoms with Crippen molar-refractivity contribution in [3.8, 4) is 0 Å². The molecule has 8 heteroatoms. The largest absolute Gasteiger partial charge is 0.480 e. The van der Waals surface area contributed by atoms with Gasteiger partial charge in [-0.25, -0.2) is 8.42 Å². The van der Waals surface area contributed by atoms with Gasteiger partial charge >= 0.3 is 11.7 Å². The van der Waals surface area contributed by atoms with E-state index >= 15 is 0 Å². The van der Waals surface area contributed by atoms with Crippen molar-refractivity contribution in [3.63, 3.8) is 0 Å². The first-order valence-corrected chi connectivity index (χ1v) is 5.25. The van der Waals surface area contributed by atoms with Crippen molar-refractivity contribution >= 4 is 16.0 Å². The molecule has 0 aliphatic heterocycles. The molecule has 5 nitrogen and oxygen atoms in total. The SMILES string of the molecule is CC(C)C(NS(=O)(=O)C(F)F)C(=O)O. The summed E-state index contributed by atoms with van der Waals surface area (Å²) < 4.78 is 46.4. The standard InChI is InChI=1S/C6H11F2NO4S/c1-3(2)4(5(10)11)9-14(12,13)6(7)8/h3-4,6,9H,1-2H3,(H,10,11). The molecule has 0 saturated carbocycles. The van der Waals surface area contributed by atoms with E-state index in [1.165, 1.54) is 18.6 Å². The first-order chi connectivity index (χ1) is 6.18. The van der Waals surface area contributed by atoms with Crippen LogP contribution in [0.2, 0.25) is 0 Å². The van der Waals surface area contributed by atoms with Crippen LogP contribution in [0.3, 0.4) is 0 Å². The van der Waals surface area contributed by atoms with Crippen LogP contribution >= 0.6 is 0 Å². The number of rotatable bonds is 5. The van der Waals surface area contributed by atoms with Crippen LogP contribution in [0, 0.1) is 5.92 Å². The molecule has 0 amide bonds. The van der Waals surface area contributed by atoms with Crippen LogP contribution in [-0.4, -0.2) is 31.3 Å². The number of aliphatic carboxylic acids is 1. The van der Waals surface area contributed by atoms with Crippen molar-refractivity contribution in [2.45, 2.75) is 25.6 Å². The van der Waals surface area contributed by atoms with Crippen molar-refractivity contribution in [2.24, 2.45) is 5.92 Å². The number of carbonyl (C=O) groups is 1. The van der Waals surface area contributed by atoms with Crippen molar-refractivity contribution < 1.29 is 27.1 Å². The second kappa shape index (κ2) is 4.65. The van der Waals surface area contributed by atoms with Crippen molar-refractivity contribution in [1.29, 1.82) is 0 Å². The van der Waals surface area contributed by atoms with Gasteiger partial charge in [0.15, 0.2) is 0 Å². The molecule has 2 N–H and O–H groups in total. The maximum Gasteiger partial charge on any atom is 0.350 e. The molecule has 0 rings (SSSR count). The van der Waals surface area contributed by atoms with Crippen LogP contribution in [0.5, 0.6) is 0 Å². The molecule has 0 spiro atoms. The van der Waals surface area contributed by atoms with Gasteiger partial charge in [0.1, 0.15) is 6.04 Å². The van der Waals surface area contributed by atoms with E-state index in [-0.39, 0.29) is 0 Å². The van der Waals surface area contributed by atoms with Gasteiger partial charge in [-0.05, 0) is 5.92 Å². The zero-order chi connectivity index (χ0) is 11.5. The monoisotopic (exact) mass is 231 g/mol. The fourth-order valence-electron chi connectivity index (χ4n) is 0.700. The van der Waals surface area contributed by atoms with Crippen LogP contribution < -0.4 is 4.72 Å². The van der Waals surface area contributed by atoms with Gasteiger partial charge in [0, 0.05) is 0 Å². The Morgan fingerprint density at radius 1 is 1.36 bits per heavy atom. The molecule has 0 fully saturated rings. The smallest absolute Gasteiger partial charge is 0.350 e. The summed E-state index contributed by atoms with van der Waals surface area (Å²) in [6, 6.07) is -1.53. The van der Waals surface area contributed by atoms with Gasteiger partial charge in [0.2, 0.25) is 0 Å². The van der Waals surface area contributed by atoms with Gasteiger partial charge in [0.25, 0.3) is 10.0 Å². The third-order valence-corrected chi connectivity index (χ3v) is 2.51. The Bertz CT molecular complexity index is 301. The summed E-state index contributed by atoms with van der Waals surface area (Å²) in [5, 5.41) is 8.52. The highest BCUT2D eigenvalue weighted by molar-refractivity contribution is 7.89. The zero-order valence-corrected chi connectivity index (χ0v) is 8.38. The van der Waals surface area contributed by atoms with E-state index in [1.54, 1.807) is 0 Å². The number of carboxylic acids is 1.